The van der Waals surface area contributed by atoms with Crippen LogP contribution in [0.2, 0.25) is 5.02 Å². The van der Waals surface area contributed by atoms with Gasteiger partial charge in [-0.1, -0.05) is 35.4 Å². The maximum Gasteiger partial charge on any atom is 0.414 e. The van der Waals surface area contributed by atoms with E-state index in [1.165, 1.54) is 23.1 Å². The molecule has 10 nitrogen and oxygen atoms in total. The van der Waals surface area contributed by atoms with Gasteiger partial charge in [-0.3, -0.25) is 9.69 Å². The number of nitrogens with one attached hydrogen (secondary N) is 1. The summed E-state index contributed by atoms with van der Waals surface area (Å²) < 4.78 is 34.9. The number of nitrogens with zero attached hydrogens (tertiary/aromatic N) is 4. The molecule has 4 rings (SSSR count). The minimum Gasteiger partial charge on any atom is -0.443 e. The number of anilines is 1. The van der Waals surface area contributed by atoms with E-state index in [9.17, 15) is 18.0 Å². The maximum atomic E-state index is 13.0. The number of aromatic nitrogens is 3. The number of carbonyl (C=O) groups excluding carboxylic acids is 2. The third-order valence-electron chi connectivity index (χ3n) is 6.30. The molecule has 4 aromatic rings. The van der Waals surface area contributed by atoms with Crippen LogP contribution in [-0.2, 0) is 21.3 Å². The summed E-state index contributed by atoms with van der Waals surface area (Å²) in [6.45, 7) is 11.1. The predicted molar refractivity (Wildman–Crippen MR) is 158 cm³/mol. The minimum absolute atomic E-state index is 0.0226. The number of ether oxygens (including phenoxy) is 1. The van der Waals surface area contributed by atoms with Gasteiger partial charge in [-0.2, -0.15) is 0 Å². The maximum absolute atomic E-state index is 13.0. The average molecular weight is 598 g/mol. The fraction of sp³-hybridized carbons (Fsp3) is 0.310. The molecule has 0 bridgehead atoms. The zero-order valence-electron chi connectivity index (χ0n) is 23.9. The highest BCUT2D eigenvalue weighted by atomic mass is 35.5. The first kappa shape index (κ1) is 30.0. The van der Waals surface area contributed by atoms with Crippen molar-refractivity contribution in [2.75, 3.05) is 11.9 Å². The highest BCUT2D eigenvalue weighted by Crippen LogP contribution is 2.27. The first-order valence-electron chi connectivity index (χ1n) is 12.8. The lowest BCUT2D eigenvalue weighted by Gasteiger charge is -2.25. The van der Waals surface area contributed by atoms with E-state index in [-0.39, 0.29) is 17.1 Å². The summed E-state index contributed by atoms with van der Waals surface area (Å²) in [6.07, 6.45) is -0.507. The summed E-state index contributed by atoms with van der Waals surface area (Å²) >= 11 is 6.62. The van der Waals surface area contributed by atoms with Crippen molar-refractivity contribution in [3.8, 4) is 0 Å². The molecular weight excluding hydrogens is 566 g/mol. The van der Waals surface area contributed by atoms with Crippen molar-refractivity contribution < 1.29 is 22.7 Å². The number of benzene rings is 2. The number of imidazole rings is 1. The molecule has 0 fully saturated rings. The molecule has 0 saturated carbocycles. The zero-order chi connectivity index (χ0) is 30.3. The lowest BCUT2D eigenvalue weighted by Crippen LogP contribution is -2.34. The molecule has 2 aromatic carbocycles. The number of aryl methyl sites for hydroxylation is 3. The van der Waals surface area contributed by atoms with Gasteiger partial charge in [-0.05, 0) is 83.0 Å². The molecule has 0 aliphatic carbocycles. The van der Waals surface area contributed by atoms with Crippen molar-refractivity contribution >= 4 is 50.5 Å². The number of rotatable bonds is 6. The smallest absolute Gasteiger partial charge is 0.414 e. The van der Waals surface area contributed by atoms with Crippen LogP contribution in [0.1, 0.15) is 53.8 Å². The van der Waals surface area contributed by atoms with Crippen molar-refractivity contribution in [2.24, 2.45) is 0 Å². The lowest BCUT2D eigenvalue weighted by molar-refractivity contribution is 0.0589. The fourth-order valence-electron chi connectivity index (χ4n) is 4.09. The number of hydrogen-bond donors (Lipinski definition) is 1. The standard InChI is InChI=1S/C29H32ClN5O5S/c1-17-8-12-22(13-9-17)41(38,39)33-27(36)24-14-18(2)25-26(32-24)35(19(3)31-25)16-20-10-11-21(15-23(20)30)34(7)28(37)40-29(4,5)6/h8-15H,16H2,1-7H3,(H,33,36). The van der Waals surface area contributed by atoms with E-state index < -0.39 is 27.6 Å². The molecule has 0 saturated heterocycles. The second kappa shape index (κ2) is 11.1. The number of halogens is 1. The summed E-state index contributed by atoms with van der Waals surface area (Å²) in [6, 6.07) is 12.9. The molecule has 12 heteroatoms. The van der Waals surface area contributed by atoms with Crippen molar-refractivity contribution in [3.05, 3.63) is 81.8 Å². The monoisotopic (exact) mass is 597 g/mol. The van der Waals surface area contributed by atoms with E-state index in [4.69, 9.17) is 16.3 Å². The highest BCUT2D eigenvalue weighted by Gasteiger charge is 2.23. The van der Waals surface area contributed by atoms with E-state index >= 15 is 0 Å². The molecule has 0 aliphatic heterocycles. The van der Waals surface area contributed by atoms with E-state index in [0.717, 1.165) is 11.1 Å². The van der Waals surface area contributed by atoms with Gasteiger partial charge in [0.25, 0.3) is 15.9 Å². The normalized spacial score (nSPS) is 11.9. The minimum atomic E-state index is -4.09. The summed E-state index contributed by atoms with van der Waals surface area (Å²) in [5, 5.41) is 0.411. The number of amides is 2. The van der Waals surface area contributed by atoms with Crippen molar-refractivity contribution in [1.82, 2.24) is 19.3 Å². The topological polar surface area (TPSA) is 123 Å². The molecule has 0 spiro atoms. The number of hydrogen-bond acceptors (Lipinski definition) is 7. The molecule has 1 N–H and O–H groups in total. The van der Waals surface area contributed by atoms with Gasteiger partial charge in [0.2, 0.25) is 0 Å². The van der Waals surface area contributed by atoms with Gasteiger partial charge >= 0.3 is 6.09 Å². The second-order valence-corrected chi connectivity index (χ2v) is 12.9. The van der Waals surface area contributed by atoms with Gasteiger partial charge in [0.1, 0.15) is 22.6 Å². The number of pyridine rings is 1. The molecule has 41 heavy (non-hydrogen) atoms. The molecule has 0 radical (unpaired) electrons. The van der Waals surface area contributed by atoms with Gasteiger partial charge in [0, 0.05) is 17.8 Å². The van der Waals surface area contributed by atoms with Crippen LogP contribution in [0.15, 0.2) is 53.4 Å². The fourth-order valence-corrected chi connectivity index (χ4v) is 5.28. The Labute approximate surface area is 244 Å². The third-order valence-corrected chi connectivity index (χ3v) is 7.99. The third kappa shape index (κ3) is 6.68. The summed E-state index contributed by atoms with van der Waals surface area (Å²) in [5.41, 5.74) is 3.13. The van der Waals surface area contributed by atoms with Gasteiger partial charge in [0.05, 0.1) is 11.4 Å². The van der Waals surface area contributed by atoms with Crippen LogP contribution >= 0.6 is 11.6 Å². The first-order chi connectivity index (χ1) is 19.1. The molecule has 2 heterocycles. The van der Waals surface area contributed by atoms with Crippen LogP contribution in [0.5, 0.6) is 0 Å². The van der Waals surface area contributed by atoms with Crippen LogP contribution in [0, 0.1) is 20.8 Å². The quantitative estimate of drug-likeness (QED) is 0.309. The number of sulfonamides is 1. The van der Waals surface area contributed by atoms with Gasteiger partial charge in [0.15, 0.2) is 5.65 Å². The number of carbonyl (C=O) groups is 2. The molecule has 0 aliphatic rings. The van der Waals surface area contributed by atoms with Crippen molar-refractivity contribution in [2.45, 2.75) is 58.6 Å². The molecule has 216 valence electrons. The van der Waals surface area contributed by atoms with Crippen LogP contribution < -0.4 is 9.62 Å². The Balaban J connectivity index is 1.63. The molecular formula is C29H32ClN5O5S. The average Bonchev–Trinajstić information content (AvgIpc) is 3.19. The Bertz CT molecular complexity index is 1760. The Morgan fingerprint density at radius 1 is 1.02 bits per heavy atom. The Morgan fingerprint density at radius 3 is 2.29 bits per heavy atom. The van der Waals surface area contributed by atoms with E-state index in [2.05, 4.69) is 14.7 Å². The Kier molecular flexibility index (Phi) is 8.15. The SMILES string of the molecule is Cc1ccc(S(=O)(=O)NC(=O)c2cc(C)c3nc(C)n(Cc4ccc(N(C)C(=O)OC(C)(C)C)cc4Cl)c3n2)cc1. The molecule has 2 aromatic heterocycles. The largest absolute Gasteiger partial charge is 0.443 e. The lowest BCUT2D eigenvalue weighted by atomic mass is 10.2. The van der Waals surface area contributed by atoms with E-state index in [1.807, 2.05) is 6.92 Å². The van der Waals surface area contributed by atoms with Gasteiger partial charge < -0.3 is 9.30 Å². The van der Waals surface area contributed by atoms with Crippen LogP contribution in [0.4, 0.5) is 10.5 Å². The van der Waals surface area contributed by atoms with Crippen molar-refractivity contribution in [3.63, 3.8) is 0 Å². The summed E-state index contributed by atoms with van der Waals surface area (Å²) in [4.78, 5) is 35.9. The summed E-state index contributed by atoms with van der Waals surface area (Å²) in [7, 11) is -2.49. The zero-order valence-corrected chi connectivity index (χ0v) is 25.5. The van der Waals surface area contributed by atoms with Crippen LogP contribution in [0.3, 0.4) is 0 Å². The highest BCUT2D eigenvalue weighted by molar-refractivity contribution is 7.90. The predicted octanol–water partition coefficient (Wildman–Crippen LogP) is 5.55. The molecule has 0 atom stereocenters. The van der Waals surface area contributed by atoms with Crippen molar-refractivity contribution in [1.29, 1.82) is 0 Å². The Morgan fingerprint density at radius 2 is 1.68 bits per heavy atom. The first-order valence-corrected chi connectivity index (χ1v) is 14.7. The van der Waals surface area contributed by atoms with E-state index in [0.29, 0.717) is 33.3 Å². The molecule has 2 amide bonds. The Hall–Kier alpha value is -3.96. The van der Waals surface area contributed by atoms with Gasteiger partial charge in [-0.15, -0.1) is 0 Å². The number of fused-ring (bicyclic) bond motifs is 1. The molecule has 0 unspecified atom stereocenters. The second-order valence-electron chi connectivity index (χ2n) is 10.8. The summed E-state index contributed by atoms with van der Waals surface area (Å²) in [5.74, 6) is -0.222. The van der Waals surface area contributed by atoms with E-state index in [1.54, 1.807) is 76.6 Å². The van der Waals surface area contributed by atoms with Gasteiger partial charge in [-0.25, -0.2) is 27.9 Å². The van der Waals surface area contributed by atoms with Crippen LogP contribution in [0.25, 0.3) is 11.2 Å². The van der Waals surface area contributed by atoms with Crippen LogP contribution in [-0.4, -0.2) is 47.6 Å².